The predicted octanol–water partition coefficient (Wildman–Crippen LogP) is 5.22. The highest BCUT2D eigenvalue weighted by atomic mass is 19.1. The molecular weight excluding hydrogens is 303 g/mol. The van der Waals surface area contributed by atoms with Crippen LogP contribution in [0, 0.1) is 5.82 Å². The Kier molecular flexibility index (Phi) is 8.22. The van der Waals surface area contributed by atoms with Crippen molar-refractivity contribution in [2.45, 2.75) is 0 Å². The molecule has 1 aromatic rings. The maximum absolute atomic E-state index is 13.2. The lowest BCUT2D eigenvalue weighted by atomic mass is 9.21. The highest BCUT2D eigenvalue weighted by Gasteiger charge is 2.16. The lowest BCUT2D eigenvalue weighted by molar-refractivity contribution is 0.628. The molecule has 0 aliphatic carbocycles. The van der Waals surface area contributed by atoms with Gasteiger partial charge in [0.15, 0.2) is 0 Å². The topological polar surface area (TPSA) is 0 Å². The molecule has 0 fully saturated rings. The summed E-state index contributed by atoms with van der Waals surface area (Å²) in [6, 6.07) is 5.74. The Morgan fingerprint density at radius 3 is 1.35 bits per heavy atom. The number of allylic oxidation sites excluding steroid dienone is 6. The minimum Gasteiger partial charge on any atom is -0.233 e. The summed E-state index contributed by atoms with van der Waals surface area (Å²) in [6.07, 6.45) is 7.43. The zero-order chi connectivity index (χ0) is 17.0. The number of hydrogen-bond acceptors (Lipinski definition) is 0. The van der Waals surface area contributed by atoms with Gasteiger partial charge in [-0.2, -0.15) is 5.46 Å². The fraction of sp³-hybridized carbons (Fsp3) is 0. The minimum absolute atomic E-state index is 0.373. The second-order valence-corrected chi connectivity index (χ2v) is 4.74. The molecule has 0 aromatic heterocycles. The van der Waals surface area contributed by atoms with E-state index < -0.39 is 12.0 Å². The van der Waals surface area contributed by atoms with E-state index in [4.69, 9.17) is 0 Å². The minimum atomic E-state index is -1.71. The average Bonchev–Trinajstić information content (AvgIpc) is 2.56. The molecule has 0 unspecified atom stereocenters. The van der Waals surface area contributed by atoms with Gasteiger partial charge in [0, 0.05) is 0 Å². The van der Waals surface area contributed by atoms with E-state index in [1.165, 1.54) is 48.6 Å². The molecule has 0 N–H and O–H groups in total. The molecule has 0 nitrogen and oxygen atoms in total. The molecule has 120 valence electrons. The lowest BCUT2D eigenvalue weighted by Crippen LogP contribution is -2.43. The Balaban J connectivity index is 3.45. The highest BCUT2D eigenvalue weighted by molar-refractivity contribution is 7.03. The maximum Gasteiger partial charge on any atom is 0.122 e. The number of benzene rings is 1. The van der Waals surface area contributed by atoms with Gasteiger partial charge in [0.2, 0.25) is 0 Å². The molecule has 5 heteroatoms. The summed E-state index contributed by atoms with van der Waals surface area (Å²) in [7, 11) is 0. The second-order valence-electron chi connectivity index (χ2n) is 4.74. The molecule has 1 aromatic carbocycles. The molecule has 1 rings (SSSR count). The van der Waals surface area contributed by atoms with Gasteiger partial charge < -0.3 is 0 Å². The van der Waals surface area contributed by atoms with Crippen molar-refractivity contribution in [2.75, 3.05) is 0 Å². The van der Waals surface area contributed by atoms with E-state index in [1.54, 1.807) is 30.1 Å². The summed E-state index contributed by atoms with van der Waals surface area (Å²) in [5, 5.41) is 0. The smallest absolute Gasteiger partial charge is 0.122 e. The van der Waals surface area contributed by atoms with E-state index in [1.807, 2.05) is 0 Å². The van der Waals surface area contributed by atoms with Crippen LogP contribution in [0.2, 0.25) is 0 Å². The quantitative estimate of drug-likeness (QED) is 0.367. The largest absolute Gasteiger partial charge is 0.233 e. The van der Waals surface area contributed by atoms with Crippen molar-refractivity contribution >= 4 is 11.6 Å². The number of rotatable bonds is 7. The molecule has 0 heterocycles. The third-order valence-corrected chi connectivity index (χ3v) is 3.29. The van der Waals surface area contributed by atoms with Gasteiger partial charge in [-0.15, -0.1) is 18.2 Å². The standard InChI is InChI=1S/C18H16BF4/c20-14-4-1-11-19(12-2-5-15-21,13-3-6-16-22)17-7-9-18(23)10-8-17/h1-16H/q-1/b11-1+,12-2+,13-3+,14-4+,15-5+,16-6+. The summed E-state index contributed by atoms with van der Waals surface area (Å²) < 4.78 is 49.8. The molecule has 0 spiro atoms. The van der Waals surface area contributed by atoms with E-state index in [0.717, 1.165) is 0 Å². The fourth-order valence-electron chi connectivity index (χ4n) is 2.19. The zero-order valence-electron chi connectivity index (χ0n) is 12.3. The Morgan fingerprint density at radius 1 is 0.609 bits per heavy atom. The van der Waals surface area contributed by atoms with Crippen LogP contribution < -0.4 is 5.46 Å². The van der Waals surface area contributed by atoms with Crippen molar-refractivity contribution in [1.29, 1.82) is 0 Å². The van der Waals surface area contributed by atoms with Crippen LogP contribution in [0.25, 0.3) is 0 Å². The van der Waals surface area contributed by atoms with Gasteiger partial charge in [-0.3, -0.25) is 0 Å². The zero-order valence-corrected chi connectivity index (χ0v) is 12.3. The summed E-state index contributed by atoms with van der Waals surface area (Å²) in [6.45, 7) is 0. The Morgan fingerprint density at radius 2 is 1.00 bits per heavy atom. The van der Waals surface area contributed by atoms with Gasteiger partial charge in [0.1, 0.15) is 5.82 Å². The van der Waals surface area contributed by atoms with Crippen molar-refractivity contribution in [3.05, 3.63) is 103 Å². The predicted molar refractivity (Wildman–Crippen MR) is 90.0 cm³/mol. The maximum atomic E-state index is 13.2. The monoisotopic (exact) mass is 319 g/mol. The van der Waals surface area contributed by atoms with E-state index in [0.29, 0.717) is 24.5 Å². The number of hydrogen-bond donors (Lipinski definition) is 0. The first kappa shape index (κ1) is 18.5. The SMILES string of the molecule is F/C=C/C=C/[B-](/C=C/C=C/F)(/C=C/C=C/F)c1ccc(F)cc1. The van der Waals surface area contributed by atoms with E-state index in [2.05, 4.69) is 0 Å². The van der Waals surface area contributed by atoms with Gasteiger partial charge >= 0.3 is 0 Å². The Hall–Kier alpha value is -2.56. The van der Waals surface area contributed by atoms with Crippen LogP contribution in [-0.4, -0.2) is 6.15 Å². The van der Waals surface area contributed by atoms with Crippen LogP contribution in [0.3, 0.4) is 0 Å². The Labute approximate surface area is 133 Å². The van der Waals surface area contributed by atoms with Crippen molar-refractivity contribution in [2.24, 2.45) is 0 Å². The van der Waals surface area contributed by atoms with Crippen molar-refractivity contribution < 1.29 is 17.6 Å². The molecule has 23 heavy (non-hydrogen) atoms. The Bertz CT molecular complexity index is 582. The van der Waals surface area contributed by atoms with Crippen LogP contribution in [0.15, 0.2) is 97.6 Å². The summed E-state index contributed by atoms with van der Waals surface area (Å²) in [4.78, 5) is 0. The van der Waals surface area contributed by atoms with E-state index in [-0.39, 0.29) is 0 Å². The van der Waals surface area contributed by atoms with Crippen LogP contribution in [0.1, 0.15) is 0 Å². The lowest BCUT2D eigenvalue weighted by Gasteiger charge is -2.31. The number of halogens is 4. The summed E-state index contributed by atoms with van der Waals surface area (Å²) in [5.41, 5.74) is 0.710. The van der Waals surface area contributed by atoms with Gasteiger partial charge in [-0.1, -0.05) is 12.1 Å². The molecule has 0 atom stereocenters. The first-order valence-corrected chi connectivity index (χ1v) is 6.95. The van der Waals surface area contributed by atoms with Crippen LogP contribution in [-0.2, 0) is 0 Å². The third kappa shape index (κ3) is 5.98. The first-order chi connectivity index (χ1) is 11.2. The molecule has 0 saturated heterocycles. The third-order valence-electron chi connectivity index (χ3n) is 3.29. The van der Waals surface area contributed by atoms with E-state index in [9.17, 15) is 17.6 Å². The van der Waals surface area contributed by atoms with Crippen molar-refractivity contribution in [3.8, 4) is 0 Å². The molecule has 0 radical (unpaired) electrons. The molecule has 0 aliphatic heterocycles. The van der Waals surface area contributed by atoms with Crippen molar-refractivity contribution in [1.82, 2.24) is 0 Å². The second kappa shape index (κ2) is 10.2. The van der Waals surface area contributed by atoms with Crippen molar-refractivity contribution in [3.63, 3.8) is 0 Å². The first-order valence-electron chi connectivity index (χ1n) is 6.95. The average molecular weight is 319 g/mol. The molecular formula is C18H16BF4-. The van der Waals surface area contributed by atoms with Gasteiger partial charge in [-0.05, 0) is 30.4 Å². The summed E-state index contributed by atoms with van der Waals surface area (Å²) >= 11 is 0. The van der Waals surface area contributed by atoms with Crippen LogP contribution >= 0.6 is 0 Å². The van der Waals surface area contributed by atoms with Crippen LogP contribution in [0.5, 0.6) is 0 Å². The molecule has 0 aliphatic rings. The fourth-order valence-corrected chi connectivity index (χ4v) is 2.19. The van der Waals surface area contributed by atoms with Gasteiger partial charge in [-0.25, -0.2) is 35.5 Å². The van der Waals surface area contributed by atoms with E-state index >= 15 is 0 Å². The molecule has 0 saturated carbocycles. The molecule has 0 bridgehead atoms. The summed E-state index contributed by atoms with van der Waals surface area (Å²) in [5.74, 6) is 4.67. The normalized spacial score (nSPS) is 13.9. The molecule has 0 amide bonds. The van der Waals surface area contributed by atoms with Gasteiger partial charge in [0.25, 0.3) is 0 Å². The van der Waals surface area contributed by atoms with Gasteiger partial charge in [0.05, 0.1) is 25.1 Å². The van der Waals surface area contributed by atoms with Crippen LogP contribution in [0.4, 0.5) is 17.6 Å². The highest BCUT2D eigenvalue weighted by Crippen LogP contribution is 2.13.